The van der Waals surface area contributed by atoms with E-state index in [1.807, 2.05) is 38.2 Å². The van der Waals surface area contributed by atoms with Gasteiger partial charge in [-0.05, 0) is 74.2 Å². The number of nitrogens with zero attached hydrogens (tertiary/aromatic N) is 3. The van der Waals surface area contributed by atoms with Gasteiger partial charge in [0.1, 0.15) is 16.7 Å². The molecule has 2 aromatic rings. The minimum absolute atomic E-state index is 0.0776. The third-order valence-corrected chi connectivity index (χ3v) is 8.79. The van der Waals surface area contributed by atoms with Crippen LogP contribution in [0.1, 0.15) is 44.2 Å². The van der Waals surface area contributed by atoms with E-state index in [9.17, 15) is 13.5 Å². The van der Waals surface area contributed by atoms with E-state index < -0.39 is 16.1 Å². The standard InChI is InChI=1S/C26H35N3O4S/c1-19-15-29(20(2)18-30)34(31,32)26-9-8-23(22-6-4-5-7-22)14-24(26)33-25(19)17-28(3)16-21-10-12-27-13-11-21/h6,8-14,19-20,25,30H,4-5,7,15-18H2,1-3H3/t19-,20+,25?/m0/s1. The van der Waals surface area contributed by atoms with Crippen LogP contribution in [-0.4, -0.2) is 66.6 Å². The number of pyridine rings is 1. The maximum absolute atomic E-state index is 13.6. The van der Waals surface area contributed by atoms with Crippen LogP contribution in [-0.2, 0) is 16.6 Å². The van der Waals surface area contributed by atoms with Crippen LogP contribution in [0.15, 0.2) is 53.7 Å². The smallest absolute Gasteiger partial charge is 0.247 e. The maximum atomic E-state index is 13.6. The molecule has 1 aliphatic heterocycles. The fourth-order valence-electron chi connectivity index (χ4n) is 4.75. The van der Waals surface area contributed by atoms with Gasteiger partial charge in [-0.25, -0.2) is 8.42 Å². The Bertz CT molecular complexity index is 1120. The van der Waals surface area contributed by atoms with Gasteiger partial charge in [-0.3, -0.25) is 9.88 Å². The number of ether oxygens (including phenoxy) is 1. The zero-order valence-corrected chi connectivity index (χ0v) is 21.0. The zero-order chi connectivity index (χ0) is 24.3. The predicted molar refractivity (Wildman–Crippen MR) is 133 cm³/mol. The van der Waals surface area contributed by atoms with Crippen molar-refractivity contribution in [2.24, 2.45) is 5.92 Å². The van der Waals surface area contributed by atoms with Crippen LogP contribution in [0.2, 0.25) is 0 Å². The Labute approximate surface area is 203 Å². The van der Waals surface area contributed by atoms with E-state index in [-0.39, 0.29) is 30.1 Å². The number of allylic oxidation sites excluding steroid dienone is 2. The lowest BCUT2D eigenvalue weighted by molar-refractivity contribution is 0.0733. The van der Waals surface area contributed by atoms with Crippen molar-refractivity contribution in [3.63, 3.8) is 0 Å². The summed E-state index contributed by atoms with van der Waals surface area (Å²) in [6, 6.07) is 8.91. The van der Waals surface area contributed by atoms with Crippen molar-refractivity contribution < 1.29 is 18.3 Å². The first-order valence-corrected chi connectivity index (χ1v) is 13.4. The van der Waals surface area contributed by atoms with Crippen LogP contribution >= 0.6 is 0 Å². The second-order valence-corrected chi connectivity index (χ2v) is 11.4. The molecular formula is C26H35N3O4S. The fourth-order valence-corrected chi connectivity index (χ4v) is 6.57. The monoisotopic (exact) mass is 485 g/mol. The zero-order valence-electron chi connectivity index (χ0n) is 20.2. The van der Waals surface area contributed by atoms with Gasteiger partial charge in [0.2, 0.25) is 10.0 Å². The highest BCUT2D eigenvalue weighted by Crippen LogP contribution is 2.37. The molecule has 184 valence electrons. The number of aliphatic hydroxyl groups is 1. The Morgan fingerprint density at radius 1 is 1.26 bits per heavy atom. The Balaban J connectivity index is 1.69. The lowest BCUT2D eigenvalue weighted by Gasteiger charge is -2.37. The van der Waals surface area contributed by atoms with E-state index in [0.717, 1.165) is 36.9 Å². The Morgan fingerprint density at radius 2 is 2.03 bits per heavy atom. The summed E-state index contributed by atoms with van der Waals surface area (Å²) in [5.41, 5.74) is 3.42. The van der Waals surface area contributed by atoms with Crippen LogP contribution in [0.4, 0.5) is 0 Å². The summed E-state index contributed by atoms with van der Waals surface area (Å²) in [6.45, 7) is 5.19. The molecule has 1 N–H and O–H groups in total. The Morgan fingerprint density at radius 3 is 2.71 bits per heavy atom. The first kappa shape index (κ1) is 24.9. The molecule has 1 aromatic carbocycles. The van der Waals surface area contributed by atoms with Crippen LogP contribution in [0.5, 0.6) is 5.75 Å². The molecule has 4 rings (SSSR count). The van der Waals surface area contributed by atoms with E-state index in [1.165, 1.54) is 9.88 Å². The summed E-state index contributed by atoms with van der Waals surface area (Å²) in [5.74, 6) is 0.320. The molecule has 2 aliphatic rings. The summed E-state index contributed by atoms with van der Waals surface area (Å²) in [4.78, 5) is 6.45. The molecule has 0 spiro atoms. The highest BCUT2D eigenvalue weighted by Gasteiger charge is 2.38. The first-order chi connectivity index (χ1) is 16.3. The molecule has 0 saturated carbocycles. The molecular weight excluding hydrogens is 450 g/mol. The molecule has 7 nitrogen and oxygen atoms in total. The minimum atomic E-state index is -3.82. The van der Waals surface area contributed by atoms with Crippen molar-refractivity contribution in [2.75, 3.05) is 26.7 Å². The fraction of sp³-hybridized carbons (Fsp3) is 0.500. The molecule has 34 heavy (non-hydrogen) atoms. The second-order valence-electron chi connectivity index (χ2n) is 9.58. The number of rotatable bonds is 7. The second kappa shape index (κ2) is 10.6. The summed E-state index contributed by atoms with van der Waals surface area (Å²) in [7, 11) is -1.78. The number of hydrogen-bond acceptors (Lipinski definition) is 6. The quantitative estimate of drug-likeness (QED) is 0.646. The number of likely N-dealkylation sites (N-methyl/N-ethyl adjacent to an activating group) is 1. The van der Waals surface area contributed by atoms with Crippen molar-refractivity contribution in [3.8, 4) is 5.75 Å². The van der Waals surface area contributed by atoms with E-state index in [0.29, 0.717) is 12.3 Å². The minimum Gasteiger partial charge on any atom is -0.487 e. The molecule has 1 unspecified atom stereocenters. The van der Waals surface area contributed by atoms with Gasteiger partial charge < -0.3 is 9.84 Å². The number of sulfonamides is 1. The van der Waals surface area contributed by atoms with Crippen molar-refractivity contribution in [3.05, 3.63) is 59.9 Å². The van der Waals surface area contributed by atoms with Crippen molar-refractivity contribution in [1.82, 2.24) is 14.2 Å². The number of benzene rings is 1. The molecule has 2 heterocycles. The summed E-state index contributed by atoms with van der Waals surface area (Å²) >= 11 is 0. The number of fused-ring (bicyclic) bond motifs is 1. The van der Waals surface area contributed by atoms with Gasteiger partial charge in [0.25, 0.3) is 0 Å². The van der Waals surface area contributed by atoms with Gasteiger partial charge >= 0.3 is 0 Å². The summed E-state index contributed by atoms with van der Waals surface area (Å²) in [6.07, 6.45) is 8.73. The first-order valence-electron chi connectivity index (χ1n) is 12.0. The Hall–Kier alpha value is -2.26. The normalized spacial score (nSPS) is 23.5. The average Bonchev–Trinajstić information content (AvgIpc) is 3.36. The molecule has 0 fully saturated rings. The lowest BCUT2D eigenvalue weighted by atomic mass is 10.0. The molecule has 0 saturated heterocycles. The summed E-state index contributed by atoms with van der Waals surface area (Å²) < 4.78 is 35.2. The topological polar surface area (TPSA) is 83.0 Å². The molecule has 1 aromatic heterocycles. The van der Waals surface area contributed by atoms with E-state index in [1.54, 1.807) is 25.4 Å². The number of hydrogen-bond donors (Lipinski definition) is 1. The highest BCUT2D eigenvalue weighted by molar-refractivity contribution is 7.89. The summed E-state index contributed by atoms with van der Waals surface area (Å²) in [5, 5.41) is 9.82. The van der Waals surface area contributed by atoms with E-state index in [2.05, 4.69) is 16.0 Å². The lowest BCUT2D eigenvalue weighted by Crippen LogP contribution is -2.49. The molecule has 3 atom stereocenters. The molecule has 8 heteroatoms. The SMILES string of the molecule is C[C@H](CO)N1C[C@H](C)C(CN(C)Cc2ccncc2)Oc2cc(C3=CCCC3)ccc2S1(=O)=O. The van der Waals surface area contributed by atoms with E-state index >= 15 is 0 Å². The third kappa shape index (κ3) is 5.35. The van der Waals surface area contributed by atoms with Crippen molar-refractivity contribution in [1.29, 1.82) is 0 Å². The Kier molecular flexibility index (Phi) is 7.72. The predicted octanol–water partition coefficient (Wildman–Crippen LogP) is 3.55. The van der Waals surface area contributed by atoms with Crippen molar-refractivity contribution >= 4 is 15.6 Å². The van der Waals surface area contributed by atoms with Gasteiger partial charge in [-0.15, -0.1) is 0 Å². The third-order valence-electron chi connectivity index (χ3n) is 6.77. The molecule has 0 radical (unpaired) electrons. The highest BCUT2D eigenvalue weighted by atomic mass is 32.2. The largest absolute Gasteiger partial charge is 0.487 e. The van der Waals surface area contributed by atoms with Gasteiger partial charge in [-0.1, -0.05) is 19.1 Å². The average molecular weight is 486 g/mol. The van der Waals surface area contributed by atoms with E-state index in [4.69, 9.17) is 4.74 Å². The molecule has 1 aliphatic carbocycles. The molecule has 0 amide bonds. The van der Waals surface area contributed by atoms with Gasteiger partial charge in [0.05, 0.1) is 6.61 Å². The van der Waals surface area contributed by atoms with Gasteiger partial charge in [-0.2, -0.15) is 4.31 Å². The van der Waals surface area contributed by atoms with Crippen LogP contribution in [0.3, 0.4) is 0 Å². The van der Waals surface area contributed by atoms with Gasteiger partial charge in [0, 0.05) is 44.0 Å². The van der Waals surface area contributed by atoms with Crippen molar-refractivity contribution in [2.45, 2.75) is 56.7 Å². The maximum Gasteiger partial charge on any atom is 0.247 e. The van der Waals surface area contributed by atoms with Crippen LogP contribution in [0, 0.1) is 5.92 Å². The number of aromatic nitrogens is 1. The van der Waals surface area contributed by atoms with Crippen LogP contribution < -0.4 is 4.74 Å². The molecule has 0 bridgehead atoms. The van der Waals surface area contributed by atoms with Gasteiger partial charge in [0.15, 0.2) is 0 Å². The van der Waals surface area contributed by atoms with Crippen LogP contribution in [0.25, 0.3) is 5.57 Å². The number of aliphatic hydroxyl groups excluding tert-OH is 1.